The average molecular weight is 525 g/mol. The fraction of sp³-hybridized carbons (Fsp3) is 0.407. The summed E-state index contributed by atoms with van der Waals surface area (Å²) in [4.78, 5) is 31.9. The van der Waals surface area contributed by atoms with Gasteiger partial charge in [-0.1, -0.05) is 0 Å². The van der Waals surface area contributed by atoms with Gasteiger partial charge in [-0.25, -0.2) is 18.6 Å². The lowest BCUT2D eigenvalue weighted by molar-refractivity contribution is 0.000168. The third-order valence-corrected chi connectivity index (χ3v) is 6.70. The number of hydrogen-bond donors (Lipinski definition) is 0. The zero-order valence-electron chi connectivity index (χ0n) is 21.2. The first kappa shape index (κ1) is 25.6. The minimum absolute atomic E-state index is 0.0538. The van der Waals surface area contributed by atoms with E-state index in [9.17, 15) is 23.6 Å². The van der Waals surface area contributed by atoms with Gasteiger partial charge in [-0.05, 0) is 57.5 Å². The van der Waals surface area contributed by atoms with Crippen LogP contribution in [0.15, 0.2) is 41.5 Å². The number of ether oxygens (including phenoxy) is 3. The van der Waals surface area contributed by atoms with Crippen LogP contribution in [0.25, 0.3) is 10.9 Å². The van der Waals surface area contributed by atoms with Gasteiger partial charge >= 0.3 is 6.09 Å². The number of aromatic nitrogens is 2. The van der Waals surface area contributed by atoms with E-state index >= 15 is 0 Å². The van der Waals surface area contributed by atoms with E-state index in [0.717, 1.165) is 12.1 Å². The molecule has 0 aliphatic carbocycles. The first-order valence-electron chi connectivity index (χ1n) is 12.2. The van der Waals surface area contributed by atoms with Gasteiger partial charge in [0.15, 0.2) is 11.6 Å². The molecule has 2 aromatic carbocycles. The number of benzene rings is 2. The van der Waals surface area contributed by atoms with E-state index in [-0.39, 0.29) is 29.3 Å². The van der Waals surface area contributed by atoms with Crippen molar-refractivity contribution in [1.29, 1.82) is 5.26 Å². The van der Waals surface area contributed by atoms with Crippen molar-refractivity contribution in [2.24, 2.45) is 0 Å². The number of carbonyl (C=O) groups is 1. The number of carbonyl (C=O) groups excluding carboxylic acids is 1. The number of nitriles is 1. The maximum absolute atomic E-state index is 14.3. The van der Waals surface area contributed by atoms with Crippen molar-refractivity contribution >= 4 is 17.0 Å². The third-order valence-electron chi connectivity index (χ3n) is 6.70. The van der Waals surface area contributed by atoms with E-state index in [1.165, 1.54) is 29.1 Å². The van der Waals surface area contributed by atoms with Crippen LogP contribution in [0.4, 0.5) is 13.6 Å². The summed E-state index contributed by atoms with van der Waals surface area (Å²) in [5.74, 6) is -2.32. The number of hydrogen-bond acceptors (Lipinski definition) is 7. The fourth-order valence-corrected chi connectivity index (χ4v) is 4.90. The second-order valence-electron chi connectivity index (χ2n) is 10.6. The number of rotatable bonds is 3. The zero-order chi connectivity index (χ0) is 27.2. The lowest BCUT2D eigenvalue weighted by Crippen LogP contribution is -2.39. The molecule has 2 fully saturated rings. The van der Waals surface area contributed by atoms with Gasteiger partial charge < -0.3 is 19.1 Å². The van der Waals surface area contributed by atoms with Crippen LogP contribution >= 0.6 is 0 Å². The number of likely N-dealkylation sites (tertiary alicyclic amines) is 1. The molecular formula is C27H26F2N4O5. The Kier molecular flexibility index (Phi) is 6.31. The molecule has 9 nitrogen and oxygen atoms in total. The van der Waals surface area contributed by atoms with E-state index in [0.29, 0.717) is 31.4 Å². The molecule has 2 atom stereocenters. The van der Waals surface area contributed by atoms with Crippen LogP contribution in [-0.2, 0) is 9.47 Å². The largest absolute Gasteiger partial charge is 0.453 e. The molecule has 198 valence electrons. The Hall–Kier alpha value is -4.04. The lowest BCUT2D eigenvalue weighted by Gasteiger charge is -2.26. The first-order chi connectivity index (χ1) is 18.0. The molecule has 3 heterocycles. The van der Waals surface area contributed by atoms with Crippen molar-refractivity contribution in [2.45, 2.75) is 50.9 Å². The quantitative estimate of drug-likeness (QED) is 0.490. The van der Waals surface area contributed by atoms with Crippen molar-refractivity contribution in [3.63, 3.8) is 0 Å². The molecular weight excluding hydrogens is 498 g/mol. The van der Waals surface area contributed by atoms with E-state index in [2.05, 4.69) is 4.98 Å². The van der Waals surface area contributed by atoms with Gasteiger partial charge in [0.05, 0.1) is 42.0 Å². The van der Waals surface area contributed by atoms with Crippen LogP contribution in [-0.4, -0.2) is 51.4 Å². The van der Waals surface area contributed by atoms with Crippen LogP contribution in [0.5, 0.6) is 11.5 Å². The van der Waals surface area contributed by atoms with E-state index in [4.69, 9.17) is 14.2 Å². The zero-order valence-corrected chi connectivity index (χ0v) is 21.2. The van der Waals surface area contributed by atoms with E-state index in [1.54, 1.807) is 11.0 Å². The monoisotopic (exact) mass is 524 g/mol. The summed E-state index contributed by atoms with van der Waals surface area (Å²) in [6.45, 7) is 6.56. The minimum atomic E-state index is -0.916. The van der Waals surface area contributed by atoms with Gasteiger partial charge in [0.25, 0.3) is 5.56 Å². The Morgan fingerprint density at radius 2 is 2.00 bits per heavy atom. The Balaban J connectivity index is 1.38. The number of fused-ring (bicyclic) bond motifs is 1. The van der Waals surface area contributed by atoms with Crippen molar-refractivity contribution in [3.8, 4) is 17.6 Å². The molecule has 1 spiro atoms. The molecule has 2 aliphatic heterocycles. The second-order valence-corrected chi connectivity index (χ2v) is 10.6. The predicted octanol–water partition coefficient (Wildman–Crippen LogP) is 4.68. The Morgan fingerprint density at radius 3 is 2.74 bits per heavy atom. The summed E-state index contributed by atoms with van der Waals surface area (Å²) in [5.41, 5.74) is -1.71. The van der Waals surface area contributed by atoms with E-state index < -0.39 is 40.2 Å². The SMILES string of the molecule is CC(C)(C)OC(=O)N1CC[C@]2(C[C@H](n3cnc4ccc(Oc5c(F)ccc(F)c5C#N)cc4c3=O)CO2)C1. The van der Waals surface area contributed by atoms with Crippen molar-refractivity contribution < 1.29 is 27.8 Å². The third kappa shape index (κ3) is 4.79. The number of halogens is 2. The molecule has 0 saturated carbocycles. The normalized spacial score (nSPS) is 21.2. The molecule has 38 heavy (non-hydrogen) atoms. The minimum Gasteiger partial charge on any atom is -0.453 e. The van der Waals surface area contributed by atoms with Gasteiger partial charge in [0, 0.05) is 13.0 Å². The van der Waals surface area contributed by atoms with Gasteiger partial charge in [-0.3, -0.25) is 9.36 Å². The highest BCUT2D eigenvalue weighted by atomic mass is 19.1. The maximum Gasteiger partial charge on any atom is 0.410 e. The molecule has 11 heteroatoms. The molecule has 0 radical (unpaired) electrons. The molecule has 1 aromatic heterocycles. The molecule has 2 saturated heterocycles. The smallest absolute Gasteiger partial charge is 0.410 e. The summed E-state index contributed by atoms with van der Waals surface area (Å²) in [5, 5.41) is 9.43. The van der Waals surface area contributed by atoms with Crippen LogP contribution in [0.2, 0.25) is 0 Å². The Bertz CT molecular complexity index is 1530. The van der Waals surface area contributed by atoms with Crippen molar-refractivity contribution in [2.75, 3.05) is 19.7 Å². The second kappa shape index (κ2) is 9.36. The van der Waals surface area contributed by atoms with Crippen LogP contribution < -0.4 is 10.3 Å². The first-order valence-corrected chi connectivity index (χ1v) is 12.2. The van der Waals surface area contributed by atoms with Gasteiger partial charge in [0.1, 0.15) is 28.8 Å². The summed E-state index contributed by atoms with van der Waals surface area (Å²) < 4.78 is 46.9. The summed E-state index contributed by atoms with van der Waals surface area (Å²) in [7, 11) is 0. The van der Waals surface area contributed by atoms with Gasteiger partial charge in [0.2, 0.25) is 0 Å². The maximum atomic E-state index is 14.3. The summed E-state index contributed by atoms with van der Waals surface area (Å²) in [6.07, 6.45) is 2.19. The van der Waals surface area contributed by atoms with Crippen LogP contribution in [0, 0.1) is 23.0 Å². The highest BCUT2D eigenvalue weighted by Gasteiger charge is 2.48. The Morgan fingerprint density at radius 1 is 1.24 bits per heavy atom. The van der Waals surface area contributed by atoms with Crippen molar-refractivity contribution in [1.82, 2.24) is 14.5 Å². The predicted molar refractivity (Wildman–Crippen MR) is 132 cm³/mol. The fourth-order valence-electron chi connectivity index (χ4n) is 4.90. The molecule has 1 amide bonds. The lowest BCUT2D eigenvalue weighted by atomic mass is 9.97. The number of nitrogens with zero attached hydrogens (tertiary/aromatic N) is 4. The Labute approximate surface area is 217 Å². The molecule has 0 bridgehead atoms. The molecule has 3 aromatic rings. The highest BCUT2D eigenvalue weighted by molar-refractivity contribution is 5.79. The van der Waals surface area contributed by atoms with Crippen LogP contribution in [0.3, 0.4) is 0 Å². The molecule has 5 rings (SSSR count). The standard InChI is InChI=1S/C27H26F2N4O5/c1-26(2,3)38-25(35)32-9-8-27(14-32)11-16(13-36-27)33-15-31-22-7-4-17(10-18(22)24(33)34)37-23-19(12-30)20(28)5-6-21(23)29/h4-7,10,15-16H,8-9,11,13-14H2,1-3H3/t16-,27-/m0/s1. The van der Waals surface area contributed by atoms with Crippen LogP contribution in [0.1, 0.15) is 45.2 Å². The molecule has 2 aliphatic rings. The summed E-state index contributed by atoms with van der Waals surface area (Å²) in [6, 6.07) is 7.37. The topological polar surface area (TPSA) is 107 Å². The number of amides is 1. The van der Waals surface area contributed by atoms with Gasteiger partial charge in [-0.2, -0.15) is 5.26 Å². The highest BCUT2D eigenvalue weighted by Crippen LogP contribution is 2.40. The van der Waals surface area contributed by atoms with Gasteiger partial charge in [-0.15, -0.1) is 0 Å². The summed E-state index contributed by atoms with van der Waals surface area (Å²) >= 11 is 0. The molecule has 0 unspecified atom stereocenters. The van der Waals surface area contributed by atoms with Crippen molar-refractivity contribution in [3.05, 3.63) is 64.2 Å². The molecule has 0 N–H and O–H groups in total. The van der Waals surface area contributed by atoms with E-state index in [1.807, 2.05) is 20.8 Å². The average Bonchev–Trinajstić information content (AvgIpc) is 3.48.